The first-order valence-corrected chi connectivity index (χ1v) is 9.69. The van der Waals surface area contributed by atoms with Crippen LogP contribution in [0, 0.1) is 5.92 Å². The molecule has 2 aromatic rings. The summed E-state index contributed by atoms with van der Waals surface area (Å²) in [7, 11) is 1.33. The van der Waals surface area contributed by atoms with E-state index in [4.69, 9.17) is 4.74 Å². The lowest BCUT2D eigenvalue weighted by molar-refractivity contribution is -0.127. The number of methoxy groups -OCH3 is 1. The number of ether oxygens (including phenoxy) is 2. The third-order valence-corrected chi connectivity index (χ3v) is 5.00. The molecule has 1 aliphatic heterocycles. The Morgan fingerprint density at radius 1 is 1.20 bits per heavy atom. The maximum atomic E-state index is 12.6. The largest absolute Gasteiger partial charge is 0.493 e. The van der Waals surface area contributed by atoms with Crippen molar-refractivity contribution in [2.24, 2.45) is 5.92 Å². The van der Waals surface area contributed by atoms with Crippen molar-refractivity contribution in [2.45, 2.75) is 19.5 Å². The highest BCUT2D eigenvalue weighted by molar-refractivity contribution is 5.95. The van der Waals surface area contributed by atoms with Crippen molar-refractivity contribution in [2.75, 3.05) is 26.7 Å². The van der Waals surface area contributed by atoms with Gasteiger partial charge in [0.1, 0.15) is 0 Å². The molecular weight excluding hydrogens is 394 g/mol. The summed E-state index contributed by atoms with van der Waals surface area (Å²) in [4.78, 5) is 26.5. The third kappa shape index (κ3) is 5.68. The molecule has 6 nitrogen and oxygen atoms in total. The van der Waals surface area contributed by atoms with Gasteiger partial charge in [-0.1, -0.05) is 30.3 Å². The van der Waals surface area contributed by atoms with E-state index in [1.54, 1.807) is 0 Å². The van der Waals surface area contributed by atoms with Crippen LogP contribution < -0.4 is 14.8 Å². The van der Waals surface area contributed by atoms with E-state index in [2.05, 4.69) is 10.1 Å². The molecule has 1 aliphatic rings. The number of carbonyl (C=O) groups excluding carboxylic acids is 2. The summed E-state index contributed by atoms with van der Waals surface area (Å²) >= 11 is 0. The van der Waals surface area contributed by atoms with Crippen LogP contribution in [-0.2, 0) is 11.2 Å². The van der Waals surface area contributed by atoms with Gasteiger partial charge in [0.05, 0.1) is 7.11 Å². The van der Waals surface area contributed by atoms with E-state index in [1.807, 2.05) is 35.2 Å². The predicted molar refractivity (Wildman–Crippen MR) is 107 cm³/mol. The Morgan fingerprint density at radius 3 is 2.67 bits per heavy atom. The van der Waals surface area contributed by atoms with Crippen LogP contribution in [0.3, 0.4) is 0 Å². The molecule has 30 heavy (non-hydrogen) atoms. The Morgan fingerprint density at radius 2 is 1.97 bits per heavy atom. The number of nitrogens with one attached hydrogen (secondary N) is 1. The molecule has 3 rings (SSSR count). The van der Waals surface area contributed by atoms with Crippen LogP contribution in [0.15, 0.2) is 48.5 Å². The van der Waals surface area contributed by atoms with E-state index in [0.717, 1.165) is 6.42 Å². The second-order valence-corrected chi connectivity index (χ2v) is 7.10. The van der Waals surface area contributed by atoms with Gasteiger partial charge >= 0.3 is 6.61 Å². The van der Waals surface area contributed by atoms with E-state index in [1.165, 1.54) is 30.9 Å². The quantitative estimate of drug-likeness (QED) is 0.680. The van der Waals surface area contributed by atoms with Gasteiger partial charge in [-0.2, -0.15) is 8.78 Å². The minimum atomic E-state index is -3.02. The monoisotopic (exact) mass is 418 g/mol. The van der Waals surface area contributed by atoms with Crippen molar-refractivity contribution < 1.29 is 27.8 Å². The molecular formula is C22H24F2N2O4. The molecule has 0 bridgehead atoms. The van der Waals surface area contributed by atoms with E-state index < -0.39 is 12.5 Å². The van der Waals surface area contributed by atoms with Crippen molar-refractivity contribution >= 4 is 11.8 Å². The second-order valence-electron chi connectivity index (χ2n) is 7.10. The molecule has 1 saturated heterocycles. The lowest BCUT2D eigenvalue weighted by Gasteiger charge is -2.17. The molecule has 0 spiro atoms. The summed E-state index contributed by atoms with van der Waals surface area (Å²) in [6, 6.07) is 14.0. The second kappa shape index (κ2) is 10.0. The minimum absolute atomic E-state index is 0.00672. The maximum Gasteiger partial charge on any atom is 0.387 e. The predicted octanol–water partition coefficient (Wildman–Crippen LogP) is 3.12. The fourth-order valence-electron chi connectivity index (χ4n) is 3.46. The Kier molecular flexibility index (Phi) is 7.21. The normalized spacial score (nSPS) is 16.1. The van der Waals surface area contributed by atoms with E-state index >= 15 is 0 Å². The first-order valence-electron chi connectivity index (χ1n) is 9.69. The molecule has 0 aliphatic carbocycles. The van der Waals surface area contributed by atoms with Gasteiger partial charge in [0.15, 0.2) is 11.5 Å². The number of hydrogen-bond acceptors (Lipinski definition) is 4. The Balaban J connectivity index is 1.51. The minimum Gasteiger partial charge on any atom is -0.493 e. The van der Waals surface area contributed by atoms with Gasteiger partial charge < -0.3 is 19.7 Å². The van der Waals surface area contributed by atoms with Crippen LogP contribution in [0.5, 0.6) is 11.5 Å². The molecule has 160 valence electrons. The lowest BCUT2D eigenvalue weighted by Crippen LogP contribution is -2.32. The number of amides is 2. The summed E-state index contributed by atoms with van der Waals surface area (Å²) in [5, 5.41) is 2.77. The van der Waals surface area contributed by atoms with Gasteiger partial charge in [0.25, 0.3) is 5.91 Å². The smallest absolute Gasteiger partial charge is 0.387 e. The molecule has 1 fully saturated rings. The van der Waals surface area contributed by atoms with Crippen molar-refractivity contribution in [3.8, 4) is 11.5 Å². The molecule has 2 aromatic carbocycles. The lowest BCUT2D eigenvalue weighted by atomic mass is 10.1. The average Bonchev–Trinajstić information content (AvgIpc) is 3.10. The topological polar surface area (TPSA) is 67.9 Å². The third-order valence-electron chi connectivity index (χ3n) is 5.00. The first-order chi connectivity index (χ1) is 14.5. The number of benzene rings is 2. The van der Waals surface area contributed by atoms with E-state index in [9.17, 15) is 18.4 Å². The summed E-state index contributed by atoms with van der Waals surface area (Å²) in [5.74, 6) is -0.438. The van der Waals surface area contributed by atoms with Crippen LogP contribution in [-0.4, -0.2) is 50.1 Å². The van der Waals surface area contributed by atoms with Gasteiger partial charge in [-0.3, -0.25) is 9.59 Å². The number of carbonyl (C=O) groups is 2. The van der Waals surface area contributed by atoms with Gasteiger partial charge in [-0.15, -0.1) is 0 Å². The van der Waals surface area contributed by atoms with Crippen LogP contribution in [0.4, 0.5) is 8.78 Å². The zero-order valence-electron chi connectivity index (χ0n) is 16.6. The molecule has 1 atom stereocenters. The number of halogens is 2. The van der Waals surface area contributed by atoms with Gasteiger partial charge in [-0.05, 0) is 30.2 Å². The van der Waals surface area contributed by atoms with Gasteiger partial charge in [-0.25, -0.2) is 0 Å². The standard InChI is InChI=1S/C22H24F2N2O4/c1-29-18-8-7-17(12-19(18)30-22(23)24)21(28)25-13-16-11-20(27)26(14-16)10-9-15-5-3-2-4-6-15/h2-8,12,16,22H,9-11,13-14H2,1H3,(H,25,28)/t16-/m0/s1. The van der Waals surface area contributed by atoms with E-state index in [-0.39, 0.29) is 28.9 Å². The van der Waals surface area contributed by atoms with Gasteiger partial charge in [0, 0.05) is 37.5 Å². The molecule has 0 saturated carbocycles. The summed E-state index contributed by atoms with van der Waals surface area (Å²) in [6.45, 7) is -1.48. The maximum absolute atomic E-state index is 12.6. The molecule has 0 unspecified atom stereocenters. The van der Waals surface area contributed by atoms with Crippen LogP contribution >= 0.6 is 0 Å². The van der Waals surface area contributed by atoms with Crippen molar-refractivity contribution in [3.63, 3.8) is 0 Å². The fraction of sp³-hybridized carbons (Fsp3) is 0.364. The fourth-order valence-corrected chi connectivity index (χ4v) is 3.46. The van der Waals surface area contributed by atoms with Crippen molar-refractivity contribution in [1.82, 2.24) is 10.2 Å². The highest BCUT2D eigenvalue weighted by Crippen LogP contribution is 2.29. The molecule has 8 heteroatoms. The average molecular weight is 418 g/mol. The molecule has 0 aromatic heterocycles. The number of hydrogen-bond donors (Lipinski definition) is 1. The Labute approximate surface area is 173 Å². The van der Waals surface area contributed by atoms with Crippen LogP contribution in [0.2, 0.25) is 0 Å². The summed E-state index contributed by atoms with van der Waals surface area (Å²) < 4.78 is 34.5. The zero-order valence-corrected chi connectivity index (χ0v) is 16.6. The van der Waals surface area contributed by atoms with Gasteiger partial charge in [0.2, 0.25) is 5.91 Å². The highest BCUT2D eigenvalue weighted by Gasteiger charge is 2.29. The number of nitrogens with zero attached hydrogens (tertiary/aromatic N) is 1. The summed E-state index contributed by atoms with van der Waals surface area (Å²) in [5.41, 5.74) is 1.35. The number of alkyl halides is 2. The summed E-state index contributed by atoms with van der Waals surface area (Å²) in [6.07, 6.45) is 1.15. The highest BCUT2D eigenvalue weighted by atomic mass is 19.3. The van der Waals surface area contributed by atoms with Crippen molar-refractivity contribution in [1.29, 1.82) is 0 Å². The first kappa shape index (κ1) is 21.5. The van der Waals surface area contributed by atoms with E-state index in [0.29, 0.717) is 26.1 Å². The number of likely N-dealkylation sites (tertiary alicyclic amines) is 1. The SMILES string of the molecule is COc1ccc(C(=O)NC[C@@H]2CC(=O)N(CCc3ccccc3)C2)cc1OC(F)F. The Bertz CT molecular complexity index is 877. The number of rotatable bonds is 9. The molecule has 1 N–H and O–H groups in total. The molecule has 2 amide bonds. The van der Waals surface area contributed by atoms with Crippen molar-refractivity contribution in [3.05, 3.63) is 59.7 Å². The Hall–Kier alpha value is -3.16. The van der Waals surface area contributed by atoms with Crippen LogP contribution in [0.25, 0.3) is 0 Å². The molecule has 1 heterocycles. The molecule has 0 radical (unpaired) electrons. The zero-order chi connectivity index (χ0) is 21.5. The van der Waals surface area contributed by atoms with Crippen LogP contribution in [0.1, 0.15) is 22.3 Å².